The molecule has 0 fully saturated rings. The van der Waals surface area contributed by atoms with E-state index in [1.165, 1.54) is 25.4 Å². The Bertz CT molecular complexity index is 715. The van der Waals surface area contributed by atoms with E-state index >= 15 is 0 Å². The van der Waals surface area contributed by atoms with Crippen molar-refractivity contribution in [2.45, 2.75) is 12.8 Å². The van der Waals surface area contributed by atoms with E-state index in [9.17, 15) is 13.6 Å². The van der Waals surface area contributed by atoms with Crippen LogP contribution in [0.4, 0.5) is 14.5 Å². The number of ether oxygens (including phenoxy) is 1. The molecule has 22 heavy (non-hydrogen) atoms. The minimum Gasteiger partial charge on any atom is -0.464 e. The van der Waals surface area contributed by atoms with Crippen LogP contribution in [0.15, 0.2) is 30.5 Å². The second kappa shape index (κ2) is 5.71. The Morgan fingerprint density at radius 1 is 1.36 bits per heavy atom. The van der Waals surface area contributed by atoms with E-state index in [2.05, 4.69) is 15.0 Å². The van der Waals surface area contributed by atoms with Crippen LogP contribution in [0.3, 0.4) is 0 Å². The van der Waals surface area contributed by atoms with Gasteiger partial charge in [0, 0.05) is 29.6 Å². The molecule has 6 heteroatoms. The van der Waals surface area contributed by atoms with Crippen molar-refractivity contribution < 1.29 is 18.3 Å². The molecule has 1 aliphatic heterocycles. The van der Waals surface area contributed by atoms with Gasteiger partial charge in [-0.1, -0.05) is 6.07 Å². The number of carbonyl (C=O) groups is 1. The van der Waals surface area contributed by atoms with Gasteiger partial charge >= 0.3 is 5.97 Å². The SMILES string of the molecule is COC(=O)c1ccc(-c2cc3c(cc2C(F)F)NCC3)cn1. The monoisotopic (exact) mass is 304 g/mol. The summed E-state index contributed by atoms with van der Waals surface area (Å²) in [6.07, 6.45) is -0.357. The summed E-state index contributed by atoms with van der Waals surface area (Å²) < 4.78 is 31.2. The summed E-state index contributed by atoms with van der Waals surface area (Å²) in [6.45, 7) is 0.751. The van der Waals surface area contributed by atoms with Crippen LogP contribution in [0.1, 0.15) is 28.0 Å². The van der Waals surface area contributed by atoms with E-state index in [-0.39, 0.29) is 11.3 Å². The molecule has 1 aromatic carbocycles. The number of anilines is 1. The Hall–Kier alpha value is -2.50. The first-order valence-corrected chi connectivity index (χ1v) is 6.83. The molecule has 2 heterocycles. The third-order valence-electron chi connectivity index (χ3n) is 3.69. The molecule has 0 radical (unpaired) electrons. The average Bonchev–Trinajstić information content (AvgIpc) is 3.00. The Kier molecular flexibility index (Phi) is 3.75. The molecule has 0 aliphatic carbocycles. The maximum absolute atomic E-state index is 13.3. The topological polar surface area (TPSA) is 51.2 Å². The molecule has 1 aromatic heterocycles. The predicted octanol–water partition coefficient (Wildman–Crippen LogP) is 3.44. The number of hydrogen-bond donors (Lipinski definition) is 1. The minimum absolute atomic E-state index is 0.0410. The zero-order valence-electron chi connectivity index (χ0n) is 11.9. The average molecular weight is 304 g/mol. The van der Waals surface area contributed by atoms with Crippen LogP contribution in [-0.4, -0.2) is 24.6 Å². The van der Waals surface area contributed by atoms with E-state index in [0.29, 0.717) is 11.1 Å². The highest BCUT2D eigenvalue weighted by atomic mass is 19.3. The van der Waals surface area contributed by atoms with Gasteiger partial charge in [0.05, 0.1) is 7.11 Å². The summed E-state index contributed by atoms with van der Waals surface area (Å²) in [7, 11) is 1.26. The standard InChI is InChI=1S/C16H14F2N2O2/c1-22-16(21)13-3-2-10(8-20-13)11-6-9-4-5-19-14(9)7-12(11)15(17)18/h2-3,6-8,15,19H,4-5H2,1H3. The number of carbonyl (C=O) groups excluding carboxylic acids is 1. The number of nitrogens with zero attached hydrogens (tertiary/aromatic N) is 1. The van der Waals surface area contributed by atoms with Gasteiger partial charge in [-0.25, -0.2) is 18.6 Å². The lowest BCUT2D eigenvalue weighted by Crippen LogP contribution is -2.03. The molecule has 3 rings (SSSR count). The predicted molar refractivity (Wildman–Crippen MR) is 78.2 cm³/mol. The summed E-state index contributed by atoms with van der Waals surface area (Å²) in [6, 6.07) is 6.35. The van der Waals surface area contributed by atoms with Crippen LogP contribution in [0.25, 0.3) is 11.1 Å². The van der Waals surface area contributed by atoms with Crippen molar-refractivity contribution in [1.29, 1.82) is 0 Å². The van der Waals surface area contributed by atoms with Gasteiger partial charge in [0.15, 0.2) is 0 Å². The molecule has 114 valence electrons. The molecule has 0 unspecified atom stereocenters. The van der Waals surface area contributed by atoms with Gasteiger partial charge in [0.1, 0.15) is 5.69 Å². The highest BCUT2D eigenvalue weighted by Gasteiger charge is 2.20. The van der Waals surface area contributed by atoms with Crippen LogP contribution in [-0.2, 0) is 11.2 Å². The van der Waals surface area contributed by atoms with E-state index in [4.69, 9.17) is 0 Å². The van der Waals surface area contributed by atoms with Crippen molar-refractivity contribution in [2.24, 2.45) is 0 Å². The fourth-order valence-corrected chi connectivity index (χ4v) is 2.57. The van der Waals surface area contributed by atoms with E-state index in [1.54, 1.807) is 12.1 Å². The molecule has 0 atom stereocenters. The molecule has 0 saturated heterocycles. The van der Waals surface area contributed by atoms with Crippen molar-refractivity contribution in [3.05, 3.63) is 47.3 Å². The zero-order chi connectivity index (χ0) is 15.7. The second-order valence-corrected chi connectivity index (χ2v) is 5.00. The molecule has 0 saturated carbocycles. The number of esters is 1. The van der Waals surface area contributed by atoms with E-state index in [1.807, 2.05) is 0 Å². The molecular formula is C16H14F2N2O2. The molecule has 0 bridgehead atoms. The number of halogens is 2. The number of rotatable bonds is 3. The quantitative estimate of drug-likeness (QED) is 0.883. The summed E-state index contributed by atoms with van der Waals surface area (Å²) >= 11 is 0. The number of aromatic nitrogens is 1. The smallest absolute Gasteiger partial charge is 0.356 e. The highest BCUT2D eigenvalue weighted by molar-refractivity contribution is 5.87. The molecule has 1 aliphatic rings. The summed E-state index contributed by atoms with van der Waals surface area (Å²) in [5.41, 5.74) is 2.88. The lowest BCUT2D eigenvalue weighted by molar-refractivity contribution is 0.0594. The molecule has 4 nitrogen and oxygen atoms in total. The van der Waals surface area contributed by atoms with Gasteiger partial charge in [-0.3, -0.25) is 0 Å². The van der Waals surface area contributed by atoms with Crippen molar-refractivity contribution in [3.8, 4) is 11.1 Å². The number of fused-ring (bicyclic) bond motifs is 1. The number of methoxy groups -OCH3 is 1. The first-order chi connectivity index (χ1) is 10.6. The largest absolute Gasteiger partial charge is 0.464 e. The second-order valence-electron chi connectivity index (χ2n) is 5.00. The van der Waals surface area contributed by atoms with Crippen molar-refractivity contribution >= 4 is 11.7 Å². The number of pyridine rings is 1. The van der Waals surface area contributed by atoms with Crippen molar-refractivity contribution in [1.82, 2.24) is 4.98 Å². The molecular weight excluding hydrogens is 290 g/mol. The van der Waals surface area contributed by atoms with Gasteiger partial charge in [0.2, 0.25) is 0 Å². The van der Waals surface area contributed by atoms with Crippen LogP contribution in [0.5, 0.6) is 0 Å². The normalized spacial score (nSPS) is 12.9. The van der Waals surface area contributed by atoms with Gasteiger partial charge in [0.25, 0.3) is 6.43 Å². The number of alkyl halides is 2. The first kappa shape index (κ1) is 14.4. The Morgan fingerprint density at radius 3 is 2.82 bits per heavy atom. The third kappa shape index (κ3) is 2.52. The summed E-state index contributed by atoms with van der Waals surface area (Å²) in [4.78, 5) is 15.4. The summed E-state index contributed by atoms with van der Waals surface area (Å²) in [5, 5.41) is 3.10. The molecule has 2 aromatic rings. The zero-order valence-corrected chi connectivity index (χ0v) is 11.9. The van der Waals surface area contributed by atoms with Crippen LogP contribution < -0.4 is 5.32 Å². The Balaban J connectivity index is 2.05. The summed E-state index contributed by atoms with van der Waals surface area (Å²) in [5.74, 6) is -0.557. The van der Waals surface area contributed by atoms with E-state index < -0.39 is 12.4 Å². The van der Waals surface area contributed by atoms with Gasteiger partial charge in [-0.05, 0) is 35.7 Å². The fourth-order valence-electron chi connectivity index (χ4n) is 2.57. The van der Waals surface area contributed by atoms with Crippen LogP contribution in [0, 0.1) is 0 Å². The number of nitrogens with one attached hydrogen (secondary N) is 1. The van der Waals surface area contributed by atoms with Gasteiger partial charge in [-0.2, -0.15) is 0 Å². The fraction of sp³-hybridized carbons (Fsp3) is 0.250. The van der Waals surface area contributed by atoms with Gasteiger partial charge < -0.3 is 10.1 Å². The van der Waals surface area contributed by atoms with E-state index in [0.717, 1.165) is 24.2 Å². The maximum atomic E-state index is 13.3. The molecule has 0 amide bonds. The number of hydrogen-bond acceptors (Lipinski definition) is 4. The third-order valence-corrected chi connectivity index (χ3v) is 3.69. The van der Waals surface area contributed by atoms with Gasteiger partial charge in [-0.15, -0.1) is 0 Å². The number of benzene rings is 1. The lowest BCUT2D eigenvalue weighted by atomic mass is 9.97. The minimum atomic E-state index is -2.58. The highest BCUT2D eigenvalue weighted by Crippen LogP contribution is 2.37. The Morgan fingerprint density at radius 2 is 2.18 bits per heavy atom. The maximum Gasteiger partial charge on any atom is 0.356 e. The van der Waals surface area contributed by atoms with Crippen LogP contribution in [0.2, 0.25) is 0 Å². The molecule has 1 N–H and O–H groups in total. The Labute approximate surface area is 126 Å². The lowest BCUT2D eigenvalue weighted by Gasteiger charge is -2.12. The van der Waals surface area contributed by atoms with Crippen molar-refractivity contribution in [3.63, 3.8) is 0 Å². The first-order valence-electron chi connectivity index (χ1n) is 6.83. The molecule has 0 spiro atoms. The van der Waals surface area contributed by atoms with Crippen molar-refractivity contribution in [2.75, 3.05) is 19.0 Å². The van der Waals surface area contributed by atoms with Crippen LogP contribution >= 0.6 is 0 Å².